The summed E-state index contributed by atoms with van der Waals surface area (Å²) >= 11 is 5.94. The van der Waals surface area contributed by atoms with Gasteiger partial charge < -0.3 is 15.0 Å². The first kappa shape index (κ1) is 24.1. The number of anilines is 2. The Balaban J connectivity index is 1.43. The number of likely N-dealkylation sites (tertiary alicyclic amines) is 1. The van der Waals surface area contributed by atoms with Crippen LogP contribution in [0, 0.1) is 0 Å². The van der Waals surface area contributed by atoms with Crippen LogP contribution >= 0.6 is 11.6 Å². The average Bonchev–Trinajstić information content (AvgIpc) is 3.43. The molecule has 0 spiro atoms. The molecule has 0 aliphatic carbocycles. The maximum absolute atomic E-state index is 13.5. The highest BCUT2D eigenvalue weighted by Crippen LogP contribution is 2.37. The van der Waals surface area contributed by atoms with Crippen molar-refractivity contribution < 1.29 is 22.7 Å². The normalized spacial score (nSPS) is 17.3. The molecule has 36 heavy (non-hydrogen) atoms. The van der Waals surface area contributed by atoms with Crippen LogP contribution < -0.4 is 14.4 Å². The number of sulfonamides is 1. The molecule has 0 unspecified atom stereocenters. The Morgan fingerprint density at radius 1 is 0.917 bits per heavy atom. The van der Waals surface area contributed by atoms with E-state index in [9.17, 15) is 18.0 Å². The molecule has 3 aromatic rings. The minimum absolute atomic E-state index is 0.0457. The Morgan fingerprint density at radius 2 is 1.58 bits per heavy atom. The van der Waals surface area contributed by atoms with Crippen molar-refractivity contribution in [2.75, 3.05) is 29.3 Å². The lowest BCUT2D eigenvalue weighted by Crippen LogP contribution is -2.49. The number of para-hydroxylation sites is 3. The number of hydrogen-bond donors (Lipinski definition) is 1. The van der Waals surface area contributed by atoms with Crippen molar-refractivity contribution in [3.8, 4) is 5.75 Å². The van der Waals surface area contributed by atoms with Gasteiger partial charge in [-0.1, -0.05) is 35.9 Å². The van der Waals surface area contributed by atoms with E-state index in [2.05, 4.69) is 5.32 Å². The van der Waals surface area contributed by atoms with Gasteiger partial charge in [-0.3, -0.25) is 13.9 Å². The number of amides is 2. The van der Waals surface area contributed by atoms with Gasteiger partial charge in [-0.2, -0.15) is 0 Å². The topological polar surface area (TPSA) is 96.0 Å². The summed E-state index contributed by atoms with van der Waals surface area (Å²) in [6.45, 7) is 1.12. The van der Waals surface area contributed by atoms with E-state index in [-0.39, 0.29) is 23.1 Å². The molecule has 0 radical (unpaired) electrons. The molecule has 3 aromatic carbocycles. The van der Waals surface area contributed by atoms with E-state index in [1.807, 2.05) is 0 Å². The fourth-order valence-corrected chi connectivity index (χ4v) is 5.98. The minimum Gasteiger partial charge on any atom is -0.476 e. The standard InChI is InChI=1S/C26H24ClN3O5S/c27-18-11-13-19(14-12-18)36(33,34)30-17-24(35-23-10-4-3-9-22(23)30)25(31)28-21-8-2-1-7-20(21)26(32)29-15-5-6-16-29/h1-4,7-14,24H,5-6,15-17H2,(H,28,31)/t24-/m0/s1. The number of carbonyl (C=O) groups is 2. The third-order valence-electron chi connectivity index (χ3n) is 6.24. The summed E-state index contributed by atoms with van der Waals surface area (Å²) < 4.78 is 34.1. The third-order valence-corrected chi connectivity index (χ3v) is 8.28. The lowest BCUT2D eigenvalue weighted by atomic mass is 10.1. The van der Waals surface area contributed by atoms with Crippen molar-refractivity contribution in [2.24, 2.45) is 0 Å². The molecule has 186 valence electrons. The molecule has 1 saturated heterocycles. The molecule has 1 N–H and O–H groups in total. The number of fused-ring (bicyclic) bond motifs is 1. The molecule has 2 amide bonds. The Bertz CT molecular complexity index is 1410. The summed E-state index contributed by atoms with van der Waals surface area (Å²) in [6, 6.07) is 19.3. The average molecular weight is 526 g/mol. The summed E-state index contributed by atoms with van der Waals surface area (Å²) in [5.41, 5.74) is 1.07. The number of carbonyl (C=O) groups excluding carboxylic acids is 2. The maximum Gasteiger partial charge on any atom is 0.267 e. The largest absolute Gasteiger partial charge is 0.476 e. The van der Waals surface area contributed by atoms with Crippen LogP contribution in [0.4, 0.5) is 11.4 Å². The fraction of sp³-hybridized carbons (Fsp3) is 0.231. The molecule has 2 aliphatic rings. The van der Waals surface area contributed by atoms with Gasteiger partial charge in [-0.05, 0) is 61.4 Å². The van der Waals surface area contributed by atoms with Gasteiger partial charge in [-0.25, -0.2) is 8.42 Å². The predicted octanol–water partition coefficient (Wildman–Crippen LogP) is 4.17. The van der Waals surface area contributed by atoms with E-state index in [0.717, 1.165) is 12.8 Å². The van der Waals surface area contributed by atoms with Crippen molar-refractivity contribution >= 4 is 44.8 Å². The summed E-state index contributed by atoms with van der Waals surface area (Å²) in [7, 11) is -4.01. The molecular formula is C26H24ClN3O5S. The zero-order valence-corrected chi connectivity index (χ0v) is 20.8. The number of benzene rings is 3. The number of ether oxygens (including phenoxy) is 1. The summed E-state index contributed by atoms with van der Waals surface area (Å²) in [5.74, 6) is -0.435. The Kier molecular flexibility index (Phi) is 6.59. The van der Waals surface area contributed by atoms with Gasteiger partial charge in [0.25, 0.3) is 21.8 Å². The van der Waals surface area contributed by atoms with E-state index in [4.69, 9.17) is 16.3 Å². The molecular weight excluding hydrogens is 502 g/mol. The molecule has 10 heteroatoms. The molecule has 1 fully saturated rings. The number of halogens is 1. The SMILES string of the molecule is O=C(Nc1ccccc1C(=O)N1CCCC1)[C@@H]1CN(S(=O)(=O)c2ccc(Cl)cc2)c2ccccc2O1. The molecule has 2 aliphatic heterocycles. The van der Waals surface area contributed by atoms with Crippen LogP contribution in [0.25, 0.3) is 0 Å². The summed E-state index contributed by atoms with van der Waals surface area (Å²) in [4.78, 5) is 28.1. The van der Waals surface area contributed by atoms with E-state index < -0.39 is 22.0 Å². The van der Waals surface area contributed by atoms with Crippen LogP contribution in [0.2, 0.25) is 5.02 Å². The van der Waals surface area contributed by atoms with Crippen LogP contribution in [0.5, 0.6) is 5.75 Å². The zero-order valence-electron chi connectivity index (χ0n) is 19.3. The molecule has 0 saturated carbocycles. The van der Waals surface area contributed by atoms with Crippen LogP contribution in [-0.4, -0.2) is 50.9 Å². The number of nitrogens with one attached hydrogen (secondary N) is 1. The van der Waals surface area contributed by atoms with Crippen molar-refractivity contribution in [2.45, 2.75) is 23.8 Å². The van der Waals surface area contributed by atoms with Crippen molar-refractivity contribution in [1.29, 1.82) is 0 Å². The Morgan fingerprint density at radius 3 is 2.33 bits per heavy atom. The van der Waals surface area contributed by atoms with Crippen LogP contribution in [0.3, 0.4) is 0 Å². The van der Waals surface area contributed by atoms with Gasteiger partial charge in [0.05, 0.1) is 28.4 Å². The number of nitrogens with zero attached hydrogens (tertiary/aromatic N) is 2. The highest BCUT2D eigenvalue weighted by atomic mass is 35.5. The third kappa shape index (κ3) is 4.64. The van der Waals surface area contributed by atoms with Crippen molar-refractivity contribution in [3.63, 3.8) is 0 Å². The van der Waals surface area contributed by atoms with E-state index in [0.29, 0.717) is 35.1 Å². The quantitative estimate of drug-likeness (QED) is 0.539. The molecule has 0 bridgehead atoms. The second kappa shape index (κ2) is 9.83. The highest BCUT2D eigenvalue weighted by Gasteiger charge is 2.38. The fourth-order valence-electron chi connectivity index (χ4n) is 4.38. The predicted molar refractivity (Wildman–Crippen MR) is 137 cm³/mol. The molecule has 8 nitrogen and oxygen atoms in total. The van der Waals surface area contributed by atoms with Crippen molar-refractivity contribution in [3.05, 3.63) is 83.4 Å². The van der Waals surface area contributed by atoms with Gasteiger partial charge in [0.2, 0.25) is 0 Å². The van der Waals surface area contributed by atoms with Gasteiger partial charge >= 0.3 is 0 Å². The molecule has 0 aromatic heterocycles. The van der Waals surface area contributed by atoms with Crippen LogP contribution in [0.15, 0.2) is 77.7 Å². The molecule has 1 atom stereocenters. The van der Waals surface area contributed by atoms with Crippen LogP contribution in [-0.2, 0) is 14.8 Å². The Hall–Kier alpha value is -3.56. The van der Waals surface area contributed by atoms with Gasteiger partial charge in [0.1, 0.15) is 5.75 Å². The first-order chi connectivity index (χ1) is 17.3. The van der Waals surface area contributed by atoms with Gasteiger partial charge in [-0.15, -0.1) is 0 Å². The van der Waals surface area contributed by atoms with E-state index in [1.54, 1.807) is 53.4 Å². The van der Waals surface area contributed by atoms with E-state index in [1.165, 1.54) is 28.6 Å². The second-order valence-corrected chi connectivity index (χ2v) is 10.9. The number of hydrogen-bond acceptors (Lipinski definition) is 5. The molecule has 2 heterocycles. The molecule has 5 rings (SSSR count). The first-order valence-electron chi connectivity index (χ1n) is 11.6. The summed E-state index contributed by atoms with van der Waals surface area (Å²) in [5, 5.41) is 3.20. The van der Waals surface area contributed by atoms with Gasteiger partial charge in [0.15, 0.2) is 6.10 Å². The minimum atomic E-state index is -4.01. The zero-order chi connectivity index (χ0) is 25.3. The smallest absolute Gasteiger partial charge is 0.267 e. The van der Waals surface area contributed by atoms with Gasteiger partial charge in [0, 0.05) is 18.1 Å². The lowest BCUT2D eigenvalue weighted by Gasteiger charge is -2.34. The second-order valence-electron chi connectivity index (χ2n) is 8.60. The Labute approximate surface area is 214 Å². The first-order valence-corrected chi connectivity index (χ1v) is 13.4. The highest BCUT2D eigenvalue weighted by molar-refractivity contribution is 7.92. The van der Waals surface area contributed by atoms with E-state index >= 15 is 0 Å². The van der Waals surface area contributed by atoms with Crippen LogP contribution in [0.1, 0.15) is 23.2 Å². The lowest BCUT2D eigenvalue weighted by molar-refractivity contribution is -0.122. The number of rotatable bonds is 5. The maximum atomic E-state index is 13.5. The summed E-state index contributed by atoms with van der Waals surface area (Å²) in [6.07, 6.45) is 0.762. The van der Waals surface area contributed by atoms with Crippen molar-refractivity contribution in [1.82, 2.24) is 4.90 Å². The monoisotopic (exact) mass is 525 g/mol.